The maximum Gasteiger partial charge on any atom is 0.181 e. The van der Waals surface area contributed by atoms with E-state index in [1.165, 1.54) is 0 Å². The zero-order chi connectivity index (χ0) is 13.3. The Morgan fingerprint density at radius 2 is 2.16 bits per heavy atom. The summed E-state index contributed by atoms with van der Waals surface area (Å²) < 4.78 is 11.5. The Balaban J connectivity index is 1.69. The van der Waals surface area contributed by atoms with Crippen molar-refractivity contribution in [2.45, 2.75) is 32.1 Å². The van der Waals surface area contributed by atoms with E-state index in [2.05, 4.69) is 14.9 Å². The van der Waals surface area contributed by atoms with Crippen LogP contribution in [-0.4, -0.2) is 47.0 Å². The van der Waals surface area contributed by atoms with Crippen molar-refractivity contribution < 1.29 is 9.47 Å². The van der Waals surface area contributed by atoms with Crippen LogP contribution in [0.2, 0.25) is 5.15 Å². The molecule has 3 heterocycles. The molecule has 0 unspecified atom stereocenters. The molecule has 0 bridgehead atoms. The molecule has 19 heavy (non-hydrogen) atoms. The number of ether oxygens (including phenoxy) is 2. The fourth-order valence-electron chi connectivity index (χ4n) is 2.80. The molecule has 1 aromatic rings. The second kappa shape index (κ2) is 5.32. The molecule has 1 spiro atoms. The third kappa shape index (κ3) is 3.05. The third-order valence-electron chi connectivity index (χ3n) is 3.54. The fourth-order valence-corrected chi connectivity index (χ4v) is 3.05. The molecule has 3 rings (SSSR count). The van der Waals surface area contributed by atoms with E-state index in [9.17, 15) is 0 Å². The predicted molar refractivity (Wildman–Crippen MR) is 70.9 cm³/mol. The smallest absolute Gasteiger partial charge is 0.181 e. The Kier molecular flexibility index (Phi) is 3.71. The topological polar surface area (TPSA) is 47.5 Å². The highest BCUT2D eigenvalue weighted by atomic mass is 35.5. The van der Waals surface area contributed by atoms with Crippen molar-refractivity contribution in [3.05, 3.63) is 22.7 Å². The van der Waals surface area contributed by atoms with Crippen molar-refractivity contribution in [3.8, 4) is 0 Å². The van der Waals surface area contributed by atoms with Crippen LogP contribution in [0.15, 0.2) is 6.07 Å². The lowest BCUT2D eigenvalue weighted by molar-refractivity contribution is -0.190. The van der Waals surface area contributed by atoms with Crippen molar-refractivity contribution in [3.63, 3.8) is 0 Å². The van der Waals surface area contributed by atoms with Crippen LogP contribution in [0.3, 0.4) is 0 Å². The van der Waals surface area contributed by atoms with E-state index in [-0.39, 0.29) is 0 Å². The number of nitrogens with zero attached hydrogens (tertiary/aromatic N) is 3. The van der Waals surface area contributed by atoms with E-state index < -0.39 is 5.79 Å². The molecule has 0 radical (unpaired) electrons. The van der Waals surface area contributed by atoms with Crippen LogP contribution in [0.4, 0.5) is 0 Å². The van der Waals surface area contributed by atoms with E-state index in [1.807, 2.05) is 6.92 Å². The van der Waals surface area contributed by atoms with Crippen LogP contribution in [0.25, 0.3) is 0 Å². The normalized spacial score (nSPS) is 23.1. The van der Waals surface area contributed by atoms with Crippen LogP contribution >= 0.6 is 11.6 Å². The van der Waals surface area contributed by atoms with Crippen LogP contribution in [0, 0.1) is 6.92 Å². The molecule has 6 heteroatoms. The standard InChI is InChI=1S/C13H18ClN3O2/c1-10-7-11(14)16-12(15-10)8-17-4-2-3-13(9-17)18-5-6-19-13/h7H,2-6,8-9H2,1H3. The highest BCUT2D eigenvalue weighted by Gasteiger charge is 2.40. The Morgan fingerprint density at radius 1 is 1.37 bits per heavy atom. The number of likely N-dealkylation sites (tertiary alicyclic amines) is 1. The molecule has 2 fully saturated rings. The molecule has 2 aliphatic rings. The molecule has 0 N–H and O–H groups in total. The fraction of sp³-hybridized carbons (Fsp3) is 0.692. The second-order valence-corrected chi connectivity index (χ2v) is 5.56. The maximum atomic E-state index is 5.97. The van der Waals surface area contributed by atoms with Gasteiger partial charge >= 0.3 is 0 Å². The van der Waals surface area contributed by atoms with Crippen LogP contribution < -0.4 is 0 Å². The molecule has 0 aliphatic carbocycles. The van der Waals surface area contributed by atoms with Gasteiger partial charge in [0, 0.05) is 12.1 Å². The maximum absolute atomic E-state index is 5.97. The molecule has 2 saturated heterocycles. The van der Waals surface area contributed by atoms with E-state index >= 15 is 0 Å². The minimum atomic E-state index is -0.397. The molecular formula is C13H18ClN3O2. The summed E-state index contributed by atoms with van der Waals surface area (Å²) in [4.78, 5) is 11.0. The van der Waals surface area contributed by atoms with Gasteiger partial charge < -0.3 is 9.47 Å². The quantitative estimate of drug-likeness (QED) is 0.774. The molecular weight excluding hydrogens is 266 g/mol. The lowest BCUT2D eigenvalue weighted by Crippen LogP contribution is -2.48. The molecule has 0 amide bonds. The first-order valence-electron chi connectivity index (χ1n) is 6.66. The Morgan fingerprint density at radius 3 is 2.89 bits per heavy atom. The van der Waals surface area contributed by atoms with Crippen molar-refractivity contribution in [1.29, 1.82) is 0 Å². The highest BCUT2D eigenvalue weighted by Crippen LogP contribution is 2.30. The first kappa shape index (κ1) is 13.2. The molecule has 1 aromatic heterocycles. The van der Waals surface area contributed by atoms with Crippen molar-refractivity contribution in [1.82, 2.24) is 14.9 Å². The number of halogens is 1. The molecule has 0 aromatic carbocycles. The third-order valence-corrected chi connectivity index (χ3v) is 3.74. The molecule has 5 nitrogen and oxygen atoms in total. The summed E-state index contributed by atoms with van der Waals surface area (Å²) in [5.41, 5.74) is 0.898. The number of rotatable bonds is 2. The van der Waals surface area contributed by atoms with Gasteiger partial charge in [-0.15, -0.1) is 0 Å². The zero-order valence-corrected chi connectivity index (χ0v) is 11.8. The summed E-state index contributed by atoms with van der Waals surface area (Å²) in [7, 11) is 0. The van der Waals surface area contributed by atoms with E-state index in [0.717, 1.165) is 37.4 Å². The SMILES string of the molecule is Cc1cc(Cl)nc(CN2CCCC3(C2)OCCO3)n1. The van der Waals surface area contributed by atoms with E-state index in [0.29, 0.717) is 24.9 Å². The van der Waals surface area contributed by atoms with Crippen molar-refractivity contribution in [2.75, 3.05) is 26.3 Å². The number of aryl methyl sites for hydroxylation is 1. The summed E-state index contributed by atoms with van der Waals surface area (Å²) in [6.45, 7) is 5.81. The van der Waals surface area contributed by atoms with Gasteiger partial charge in [-0.1, -0.05) is 11.6 Å². The summed E-state index contributed by atoms with van der Waals surface area (Å²) in [5, 5.41) is 0.502. The first-order valence-corrected chi connectivity index (χ1v) is 7.03. The number of piperidine rings is 1. The van der Waals surface area contributed by atoms with Gasteiger partial charge in [0.15, 0.2) is 5.79 Å². The Bertz CT molecular complexity index is 443. The largest absolute Gasteiger partial charge is 0.346 e. The van der Waals surface area contributed by atoms with Gasteiger partial charge in [0.1, 0.15) is 11.0 Å². The lowest BCUT2D eigenvalue weighted by Gasteiger charge is -2.38. The lowest BCUT2D eigenvalue weighted by atomic mass is 10.0. The van der Waals surface area contributed by atoms with Gasteiger partial charge in [0.2, 0.25) is 0 Å². The van der Waals surface area contributed by atoms with Crippen LogP contribution in [0.5, 0.6) is 0 Å². The van der Waals surface area contributed by atoms with Crippen LogP contribution in [-0.2, 0) is 16.0 Å². The van der Waals surface area contributed by atoms with Gasteiger partial charge in [-0.05, 0) is 26.0 Å². The van der Waals surface area contributed by atoms with Gasteiger partial charge in [-0.25, -0.2) is 9.97 Å². The molecule has 0 saturated carbocycles. The predicted octanol–water partition coefficient (Wildman–Crippen LogP) is 1.78. The van der Waals surface area contributed by atoms with Gasteiger partial charge in [0.25, 0.3) is 0 Å². The zero-order valence-electron chi connectivity index (χ0n) is 11.1. The molecule has 0 atom stereocenters. The van der Waals surface area contributed by atoms with Crippen LogP contribution in [0.1, 0.15) is 24.4 Å². The minimum absolute atomic E-state index is 0.397. The van der Waals surface area contributed by atoms with Crippen molar-refractivity contribution in [2.24, 2.45) is 0 Å². The van der Waals surface area contributed by atoms with E-state index in [1.54, 1.807) is 6.07 Å². The Hall–Kier alpha value is -0.750. The Labute approximate surface area is 117 Å². The van der Waals surface area contributed by atoms with Gasteiger partial charge in [-0.2, -0.15) is 0 Å². The minimum Gasteiger partial charge on any atom is -0.346 e. The summed E-state index contributed by atoms with van der Waals surface area (Å²) >= 11 is 5.97. The first-order chi connectivity index (χ1) is 9.15. The monoisotopic (exact) mass is 283 g/mol. The highest BCUT2D eigenvalue weighted by molar-refractivity contribution is 6.29. The summed E-state index contributed by atoms with van der Waals surface area (Å²) in [5.74, 6) is 0.367. The average Bonchev–Trinajstić information content (AvgIpc) is 2.76. The van der Waals surface area contributed by atoms with E-state index in [4.69, 9.17) is 21.1 Å². The second-order valence-electron chi connectivity index (χ2n) is 5.17. The number of hydrogen-bond donors (Lipinski definition) is 0. The average molecular weight is 284 g/mol. The summed E-state index contributed by atoms with van der Waals surface area (Å²) in [6.07, 6.45) is 2.04. The summed E-state index contributed by atoms with van der Waals surface area (Å²) in [6, 6.07) is 1.77. The number of aromatic nitrogens is 2. The molecule has 104 valence electrons. The van der Waals surface area contributed by atoms with Crippen molar-refractivity contribution >= 4 is 11.6 Å². The molecule has 2 aliphatic heterocycles. The number of hydrogen-bond acceptors (Lipinski definition) is 5. The van der Waals surface area contributed by atoms with Gasteiger partial charge in [0.05, 0.1) is 26.3 Å². The van der Waals surface area contributed by atoms with Gasteiger partial charge in [-0.3, -0.25) is 4.90 Å².